The monoisotopic (exact) mass is 386 g/mol. The minimum absolute atomic E-state index is 0.708. The van der Waals surface area contributed by atoms with Crippen molar-refractivity contribution in [3.63, 3.8) is 0 Å². The van der Waals surface area contributed by atoms with Crippen LogP contribution in [0.25, 0.3) is 0 Å². The quantitative estimate of drug-likeness (QED) is 0.715. The summed E-state index contributed by atoms with van der Waals surface area (Å²) in [7, 11) is 0. The summed E-state index contributed by atoms with van der Waals surface area (Å²) >= 11 is 5.83. The first-order valence-electron chi connectivity index (χ1n) is 10.2. The van der Waals surface area contributed by atoms with Crippen LogP contribution in [0, 0.1) is 6.92 Å². The summed E-state index contributed by atoms with van der Waals surface area (Å²) in [6, 6.07) is 10.4. The maximum Gasteiger partial charge on any atom is 0.174 e. The predicted molar refractivity (Wildman–Crippen MR) is 115 cm³/mol. The molecule has 0 spiro atoms. The molecule has 2 N–H and O–H groups in total. The summed E-state index contributed by atoms with van der Waals surface area (Å²) < 4.78 is 5.59. The number of benzene rings is 1. The predicted octanol–water partition coefficient (Wildman–Crippen LogP) is 3.42. The highest BCUT2D eigenvalue weighted by atomic mass is 32.1. The number of aryl methyl sites for hydroxylation is 2. The molecule has 1 saturated heterocycles. The van der Waals surface area contributed by atoms with Crippen LogP contribution in [-0.2, 0) is 13.0 Å². The molecular weight excluding hydrogens is 354 g/mol. The van der Waals surface area contributed by atoms with E-state index >= 15 is 0 Å². The summed E-state index contributed by atoms with van der Waals surface area (Å²) in [5.41, 5.74) is 3.69. The van der Waals surface area contributed by atoms with Crippen molar-refractivity contribution in [1.82, 2.24) is 4.90 Å². The van der Waals surface area contributed by atoms with E-state index in [1.807, 2.05) is 12.1 Å². The van der Waals surface area contributed by atoms with E-state index in [-0.39, 0.29) is 0 Å². The second-order valence-electron chi connectivity index (χ2n) is 7.45. The number of furan rings is 1. The van der Waals surface area contributed by atoms with Crippen molar-refractivity contribution in [1.29, 1.82) is 0 Å². The third-order valence-electron chi connectivity index (χ3n) is 5.48. The molecule has 1 aliphatic rings. The lowest BCUT2D eigenvalue weighted by atomic mass is 10.1. The molecule has 0 unspecified atom stereocenters. The van der Waals surface area contributed by atoms with Gasteiger partial charge in [0.05, 0.1) is 39.0 Å². The van der Waals surface area contributed by atoms with Crippen LogP contribution in [0.3, 0.4) is 0 Å². The summed E-state index contributed by atoms with van der Waals surface area (Å²) in [6.45, 7) is 9.66. The molecule has 1 aromatic carbocycles. The number of likely N-dealkylation sites (tertiary alicyclic amines) is 1. The van der Waals surface area contributed by atoms with Gasteiger partial charge in [0.25, 0.3) is 0 Å². The SMILES string of the molecule is CCc1cccc(C)c1NC(=S)N(CC[NH+]1CCCCC1)Cc1ccco1. The summed E-state index contributed by atoms with van der Waals surface area (Å²) in [6.07, 6.45) is 6.80. The third kappa shape index (κ3) is 5.56. The lowest BCUT2D eigenvalue weighted by Crippen LogP contribution is -3.13. The lowest BCUT2D eigenvalue weighted by molar-refractivity contribution is -0.904. The number of para-hydroxylation sites is 1. The number of piperidine rings is 1. The fourth-order valence-corrected chi connectivity index (χ4v) is 4.08. The smallest absolute Gasteiger partial charge is 0.174 e. The van der Waals surface area contributed by atoms with Gasteiger partial charge < -0.3 is 19.5 Å². The average Bonchev–Trinajstić information content (AvgIpc) is 3.20. The first-order chi connectivity index (χ1) is 13.2. The standard InChI is InChI=1S/C22H31N3OS/c1-3-19-10-7-9-18(2)21(19)23-22(27)25(17-20-11-8-16-26-20)15-14-24-12-5-4-6-13-24/h7-11,16H,3-6,12-15,17H2,1-2H3,(H,23,27)/p+1. The van der Waals surface area contributed by atoms with Gasteiger partial charge in [-0.25, -0.2) is 0 Å². The highest BCUT2D eigenvalue weighted by Gasteiger charge is 2.19. The Hall–Kier alpha value is -1.85. The van der Waals surface area contributed by atoms with E-state index in [1.54, 1.807) is 11.2 Å². The molecule has 0 atom stereocenters. The molecule has 146 valence electrons. The van der Waals surface area contributed by atoms with Crippen molar-refractivity contribution in [2.24, 2.45) is 0 Å². The molecule has 2 heterocycles. The Balaban J connectivity index is 1.69. The van der Waals surface area contributed by atoms with E-state index in [4.69, 9.17) is 16.6 Å². The van der Waals surface area contributed by atoms with Crippen molar-refractivity contribution in [2.45, 2.75) is 46.1 Å². The summed E-state index contributed by atoms with van der Waals surface area (Å²) in [5.74, 6) is 0.952. The topological polar surface area (TPSA) is 32.9 Å². The molecule has 0 amide bonds. The highest BCUT2D eigenvalue weighted by molar-refractivity contribution is 7.80. The zero-order chi connectivity index (χ0) is 19.1. The molecule has 1 fully saturated rings. The lowest BCUT2D eigenvalue weighted by Gasteiger charge is -2.29. The molecule has 0 radical (unpaired) electrons. The number of nitrogens with zero attached hydrogens (tertiary/aromatic N) is 1. The normalized spacial score (nSPS) is 14.9. The molecule has 3 rings (SSSR count). The van der Waals surface area contributed by atoms with E-state index in [0.29, 0.717) is 6.54 Å². The van der Waals surface area contributed by atoms with E-state index in [9.17, 15) is 0 Å². The number of thiocarbonyl (C=S) groups is 1. The van der Waals surface area contributed by atoms with Crippen LogP contribution in [0.2, 0.25) is 0 Å². The summed E-state index contributed by atoms with van der Waals surface area (Å²) in [5, 5.41) is 4.32. The summed E-state index contributed by atoms with van der Waals surface area (Å²) in [4.78, 5) is 3.94. The van der Waals surface area contributed by atoms with E-state index < -0.39 is 0 Å². The zero-order valence-corrected chi connectivity index (χ0v) is 17.4. The molecule has 1 aromatic heterocycles. The van der Waals surface area contributed by atoms with Gasteiger partial charge >= 0.3 is 0 Å². The second-order valence-corrected chi connectivity index (χ2v) is 7.84. The van der Waals surface area contributed by atoms with Crippen molar-refractivity contribution >= 4 is 23.0 Å². The first-order valence-corrected chi connectivity index (χ1v) is 10.6. The van der Waals surface area contributed by atoms with Gasteiger partial charge in [0.15, 0.2) is 5.11 Å². The van der Waals surface area contributed by atoms with Crippen LogP contribution in [0.1, 0.15) is 43.1 Å². The number of anilines is 1. The minimum Gasteiger partial charge on any atom is -0.467 e. The van der Waals surface area contributed by atoms with Crippen LogP contribution in [0.15, 0.2) is 41.0 Å². The van der Waals surface area contributed by atoms with Gasteiger partial charge in [0.2, 0.25) is 0 Å². The first kappa shape index (κ1) is 19.9. The van der Waals surface area contributed by atoms with Crippen molar-refractivity contribution < 1.29 is 9.32 Å². The van der Waals surface area contributed by atoms with Gasteiger partial charge in [0.1, 0.15) is 5.76 Å². The number of rotatable bonds is 7. The van der Waals surface area contributed by atoms with Gasteiger partial charge in [-0.3, -0.25) is 0 Å². The molecule has 2 aromatic rings. The number of hydrogen-bond donors (Lipinski definition) is 2. The Kier molecular flexibility index (Phi) is 7.30. The van der Waals surface area contributed by atoms with Crippen LogP contribution in [-0.4, -0.2) is 36.2 Å². The number of nitrogens with one attached hydrogen (secondary N) is 2. The number of hydrogen-bond acceptors (Lipinski definition) is 2. The maximum atomic E-state index is 5.83. The minimum atomic E-state index is 0.708. The van der Waals surface area contributed by atoms with Gasteiger partial charge in [-0.2, -0.15) is 0 Å². The fourth-order valence-electron chi connectivity index (χ4n) is 3.83. The Bertz CT molecular complexity index is 723. The Morgan fingerprint density at radius 1 is 1.19 bits per heavy atom. The molecule has 5 heteroatoms. The van der Waals surface area contributed by atoms with E-state index in [2.05, 4.69) is 42.3 Å². The second kappa shape index (κ2) is 9.90. The van der Waals surface area contributed by atoms with Gasteiger partial charge in [-0.15, -0.1) is 0 Å². The zero-order valence-electron chi connectivity index (χ0n) is 16.6. The van der Waals surface area contributed by atoms with Crippen molar-refractivity contribution in [3.05, 3.63) is 53.5 Å². The molecule has 0 saturated carbocycles. The molecule has 0 aliphatic carbocycles. The van der Waals surface area contributed by atoms with Gasteiger partial charge in [0, 0.05) is 5.69 Å². The van der Waals surface area contributed by atoms with Gasteiger partial charge in [-0.05, 0) is 68.1 Å². The molecule has 0 bridgehead atoms. The fraction of sp³-hybridized carbons (Fsp3) is 0.500. The highest BCUT2D eigenvalue weighted by Crippen LogP contribution is 2.22. The third-order valence-corrected chi connectivity index (χ3v) is 5.84. The molecule has 1 aliphatic heterocycles. The van der Waals surface area contributed by atoms with Crippen LogP contribution in [0.4, 0.5) is 5.69 Å². The van der Waals surface area contributed by atoms with Gasteiger partial charge in [-0.1, -0.05) is 25.1 Å². The molecular formula is C22H32N3OS+. The Labute approximate surface area is 168 Å². The molecule has 27 heavy (non-hydrogen) atoms. The largest absolute Gasteiger partial charge is 0.467 e. The van der Waals surface area contributed by atoms with Crippen LogP contribution < -0.4 is 10.2 Å². The van der Waals surface area contributed by atoms with Crippen LogP contribution in [0.5, 0.6) is 0 Å². The van der Waals surface area contributed by atoms with Crippen molar-refractivity contribution in [3.8, 4) is 0 Å². The van der Waals surface area contributed by atoms with E-state index in [0.717, 1.165) is 36.1 Å². The Morgan fingerprint density at radius 3 is 2.70 bits per heavy atom. The number of quaternary nitrogens is 1. The average molecular weight is 387 g/mol. The Morgan fingerprint density at radius 2 is 2.00 bits per heavy atom. The van der Waals surface area contributed by atoms with Crippen molar-refractivity contribution in [2.75, 3.05) is 31.5 Å². The maximum absolute atomic E-state index is 5.83. The van der Waals surface area contributed by atoms with E-state index in [1.165, 1.54) is 43.5 Å². The van der Waals surface area contributed by atoms with Crippen LogP contribution >= 0.6 is 12.2 Å². The molecule has 4 nitrogen and oxygen atoms in total.